The van der Waals surface area contributed by atoms with Crippen LogP contribution in [0.25, 0.3) is 5.69 Å². The number of nitrogens with one attached hydrogen (secondary N) is 1. The van der Waals surface area contributed by atoms with Crippen LogP contribution in [0.1, 0.15) is 10.4 Å². The van der Waals surface area contributed by atoms with E-state index < -0.39 is 10.8 Å². The lowest BCUT2D eigenvalue weighted by molar-refractivity contribution is -0.385. The maximum Gasteiger partial charge on any atom is 0.310 e. The Kier molecular flexibility index (Phi) is 4.38. The number of anilines is 1. The highest BCUT2D eigenvalue weighted by Gasteiger charge is 2.17. The van der Waals surface area contributed by atoms with E-state index in [0.29, 0.717) is 5.69 Å². The molecular formula is C16H13N5O4. The number of hydrogen-bond donors (Lipinski definition) is 1. The molecule has 0 atom stereocenters. The predicted molar refractivity (Wildman–Crippen MR) is 89.0 cm³/mol. The van der Waals surface area contributed by atoms with Crippen LogP contribution in [-0.2, 0) is 0 Å². The summed E-state index contributed by atoms with van der Waals surface area (Å²) in [5, 5.41) is 21.6. The van der Waals surface area contributed by atoms with Gasteiger partial charge in [-0.2, -0.15) is 15.0 Å². The van der Waals surface area contributed by atoms with Gasteiger partial charge in [0.25, 0.3) is 5.91 Å². The molecular weight excluding hydrogens is 326 g/mol. The van der Waals surface area contributed by atoms with Crippen LogP contribution in [0.4, 0.5) is 11.4 Å². The third-order valence-corrected chi connectivity index (χ3v) is 3.41. The quantitative estimate of drug-likeness (QED) is 0.564. The van der Waals surface area contributed by atoms with Gasteiger partial charge in [0, 0.05) is 23.4 Å². The van der Waals surface area contributed by atoms with Crippen LogP contribution in [0.2, 0.25) is 0 Å². The Morgan fingerprint density at radius 3 is 2.44 bits per heavy atom. The van der Waals surface area contributed by atoms with Gasteiger partial charge in [0.05, 0.1) is 30.1 Å². The van der Waals surface area contributed by atoms with Gasteiger partial charge < -0.3 is 10.1 Å². The molecule has 1 heterocycles. The Morgan fingerprint density at radius 1 is 1.16 bits per heavy atom. The monoisotopic (exact) mass is 339 g/mol. The standard InChI is InChI=1S/C16H13N5O4/c1-25-15-10-11(2-7-14(15)21(23)24)16(22)19-12-3-5-13(6-4-12)20-17-8-9-18-20/h2-10H,1H3,(H,19,22). The molecule has 1 amide bonds. The Morgan fingerprint density at radius 2 is 1.84 bits per heavy atom. The molecule has 0 bridgehead atoms. The summed E-state index contributed by atoms with van der Waals surface area (Å²) in [6, 6.07) is 10.9. The summed E-state index contributed by atoms with van der Waals surface area (Å²) < 4.78 is 4.97. The van der Waals surface area contributed by atoms with Crippen LogP contribution in [0.5, 0.6) is 5.75 Å². The molecule has 3 rings (SSSR count). The average molecular weight is 339 g/mol. The van der Waals surface area contributed by atoms with Gasteiger partial charge in [-0.3, -0.25) is 14.9 Å². The second kappa shape index (κ2) is 6.79. The number of aromatic nitrogens is 3. The molecule has 0 saturated carbocycles. The van der Waals surface area contributed by atoms with E-state index in [9.17, 15) is 14.9 Å². The number of nitro groups is 1. The normalized spacial score (nSPS) is 10.3. The van der Waals surface area contributed by atoms with Crippen molar-refractivity contribution in [3.8, 4) is 11.4 Å². The summed E-state index contributed by atoms with van der Waals surface area (Å²) in [6.45, 7) is 0. The lowest BCUT2D eigenvalue weighted by Crippen LogP contribution is -2.12. The van der Waals surface area contributed by atoms with Gasteiger partial charge >= 0.3 is 5.69 Å². The van der Waals surface area contributed by atoms with Crippen LogP contribution in [-0.4, -0.2) is 32.9 Å². The summed E-state index contributed by atoms with van der Waals surface area (Å²) in [6.07, 6.45) is 3.13. The van der Waals surface area contributed by atoms with Gasteiger partial charge in [0.2, 0.25) is 0 Å². The Bertz CT molecular complexity index is 907. The lowest BCUT2D eigenvalue weighted by atomic mass is 10.1. The first-order chi connectivity index (χ1) is 12.1. The van der Waals surface area contributed by atoms with Gasteiger partial charge in [-0.05, 0) is 30.3 Å². The molecule has 0 unspecified atom stereocenters. The number of hydrogen-bond acceptors (Lipinski definition) is 6. The Balaban J connectivity index is 1.77. The third-order valence-electron chi connectivity index (χ3n) is 3.41. The summed E-state index contributed by atoms with van der Waals surface area (Å²) in [5.41, 5.74) is 1.37. The van der Waals surface area contributed by atoms with Crippen molar-refractivity contribution >= 4 is 17.3 Å². The van der Waals surface area contributed by atoms with Gasteiger partial charge in [0.15, 0.2) is 5.75 Å². The van der Waals surface area contributed by atoms with Crippen molar-refractivity contribution in [2.24, 2.45) is 0 Å². The summed E-state index contributed by atoms with van der Waals surface area (Å²) >= 11 is 0. The van der Waals surface area contributed by atoms with Gasteiger partial charge in [0.1, 0.15) is 0 Å². The number of carbonyl (C=O) groups is 1. The van der Waals surface area contributed by atoms with Crippen LogP contribution >= 0.6 is 0 Å². The first-order valence-electron chi connectivity index (χ1n) is 7.19. The van der Waals surface area contributed by atoms with Crippen molar-refractivity contribution in [3.05, 3.63) is 70.5 Å². The number of nitrogens with zero attached hydrogens (tertiary/aromatic N) is 4. The van der Waals surface area contributed by atoms with Gasteiger partial charge in [-0.15, -0.1) is 0 Å². The molecule has 0 aliphatic heterocycles. The SMILES string of the molecule is COc1cc(C(=O)Nc2ccc(-n3nccn3)cc2)ccc1[N+](=O)[O-]. The highest BCUT2D eigenvalue weighted by atomic mass is 16.6. The van der Waals surface area contributed by atoms with E-state index in [1.807, 2.05) is 0 Å². The van der Waals surface area contributed by atoms with Crippen molar-refractivity contribution in [3.63, 3.8) is 0 Å². The summed E-state index contributed by atoms with van der Waals surface area (Å²) in [5.74, 6) is -0.379. The number of benzene rings is 2. The minimum Gasteiger partial charge on any atom is -0.490 e. The fourth-order valence-corrected chi connectivity index (χ4v) is 2.20. The fraction of sp³-hybridized carbons (Fsp3) is 0.0625. The molecule has 1 N–H and O–H groups in total. The molecule has 9 nitrogen and oxygen atoms in total. The van der Waals surface area contributed by atoms with E-state index in [2.05, 4.69) is 15.5 Å². The molecule has 0 fully saturated rings. The largest absolute Gasteiger partial charge is 0.490 e. The van der Waals surface area contributed by atoms with E-state index in [0.717, 1.165) is 5.69 Å². The number of carbonyl (C=O) groups excluding carboxylic acids is 1. The van der Waals surface area contributed by atoms with Crippen LogP contribution in [0, 0.1) is 10.1 Å². The molecule has 0 radical (unpaired) electrons. The second-order valence-corrected chi connectivity index (χ2v) is 4.96. The maximum absolute atomic E-state index is 12.3. The summed E-state index contributed by atoms with van der Waals surface area (Å²) in [4.78, 5) is 24.1. The van der Waals surface area contributed by atoms with Crippen molar-refractivity contribution in [1.29, 1.82) is 0 Å². The molecule has 0 aliphatic rings. The predicted octanol–water partition coefficient (Wildman–Crippen LogP) is 2.44. The zero-order chi connectivity index (χ0) is 17.8. The van der Waals surface area contributed by atoms with Crippen LogP contribution in [0.3, 0.4) is 0 Å². The van der Waals surface area contributed by atoms with Crippen molar-refractivity contribution in [2.45, 2.75) is 0 Å². The van der Waals surface area contributed by atoms with Crippen molar-refractivity contribution < 1.29 is 14.5 Å². The number of amides is 1. The molecule has 3 aromatic rings. The zero-order valence-electron chi connectivity index (χ0n) is 13.1. The molecule has 126 valence electrons. The van der Waals surface area contributed by atoms with Gasteiger partial charge in [-0.25, -0.2) is 0 Å². The first kappa shape index (κ1) is 16.1. The third kappa shape index (κ3) is 3.44. The Labute approximate surface area is 142 Å². The number of methoxy groups -OCH3 is 1. The van der Waals surface area contributed by atoms with E-state index in [1.165, 1.54) is 30.1 Å². The number of ether oxygens (including phenoxy) is 1. The second-order valence-electron chi connectivity index (χ2n) is 4.96. The van der Waals surface area contributed by atoms with E-state index in [-0.39, 0.29) is 17.0 Å². The molecule has 9 heteroatoms. The summed E-state index contributed by atoms with van der Waals surface area (Å²) in [7, 11) is 1.31. The highest BCUT2D eigenvalue weighted by Crippen LogP contribution is 2.27. The van der Waals surface area contributed by atoms with Crippen molar-refractivity contribution in [1.82, 2.24) is 15.0 Å². The first-order valence-corrected chi connectivity index (χ1v) is 7.19. The lowest BCUT2D eigenvalue weighted by Gasteiger charge is -2.08. The zero-order valence-corrected chi connectivity index (χ0v) is 13.1. The van der Waals surface area contributed by atoms with E-state index >= 15 is 0 Å². The topological polar surface area (TPSA) is 112 Å². The fourth-order valence-electron chi connectivity index (χ4n) is 2.20. The highest BCUT2D eigenvalue weighted by molar-refractivity contribution is 6.04. The molecule has 1 aromatic heterocycles. The number of rotatable bonds is 5. The van der Waals surface area contributed by atoms with Crippen LogP contribution < -0.4 is 10.1 Å². The smallest absolute Gasteiger partial charge is 0.310 e. The molecule has 2 aromatic carbocycles. The Hall–Kier alpha value is -3.75. The maximum atomic E-state index is 12.3. The van der Waals surface area contributed by atoms with E-state index in [1.54, 1.807) is 36.7 Å². The van der Waals surface area contributed by atoms with Crippen molar-refractivity contribution in [2.75, 3.05) is 12.4 Å². The minimum absolute atomic E-state index is 0.0257. The molecule has 25 heavy (non-hydrogen) atoms. The molecule has 0 saturated heterocycles. The number of nitro benzene ring substituents is 1. The van der Waals surface area contributed by atoms with Gasteiger partial charge in [-0.1, -0.05) is 0 Å². The molecule has 0 aliphatic carbocycles. The average Bonchev–Trinajstić information content (AvgIpc) is 3.16. The molecule has 0 spiro atoms. The van der Waals surface area contributed by atoms with Crippen LogP contribution in [0.15, 0.2) is 54.9 Å². The minimum atomic E-state index is -0.567. The van der Waals surface area contributed by atoms with E-state index in [4.69, 9.17) is 4.74 Å².